The van der Waals surface area contributed by atoms with Gasteiger partial charge >= 0.3 is 0 Å². The number of benzene rings is 2. The number of nitrogens with one attached hydrogen (secondary N) is 1. The number of fused-ring (bicyclic) bond motifs is 2. The maximum Gasteiger partial charge on any atom is 0.265 e. The van der Waals surface area contributed by atoms with Crippen LogP contribution in [0.5, 0.6) is 5.75 Å². The van der Waals surface area contributed by atoms with Crippen molar-refractivity contribution in [1.82, 2.24) is 19.5 Å². The Balaban J connectivity index is 1.75. The fraction of sp³-hybridized carbons (Fsp3) is 0.120. The standard InChI is InChI=1S/C25H20FN5O2/c1-15(26)33-20-8-5-16(6-9-20)22-23-18(13-29-25(27-2)30-23)14-31(24(22)32)19-7-10-21-17(12-19)4-3-11-28-21/h3-15H,1-2H3,(H,27,30). The first-order valence-electron chi connectivity index (χ1n) is 10.4. The van der Waals surface area contributed by atoms with Crippen LogP contribution in [0.2, 0.25) is 0 Å². The van der Waals surface area contributed by atoms with Gasteiger partial charge in [-0.3, -0.25) is 14.3 Å². The van der Waals surface area contributed by atoms with Gasteiger partial charge < -0.3 is 10.1 Å². The lowest BCUT2D eigenvalue weighted by Gasteiger charge is -2.14. The largest absolute Gasteiger partial charge is 0.461 e. The highest BCUT2D eigenvalue weighted by atomic mass is 19.1. The van der Waals surface area contributed by atoms with Crippen molar-refractivity contribution < 1.29 is 9.13 Å². The van der Waals surface area contributed by atoms with Crippen molar-refractivity contribution >= 4 is 27.8 Å². The fourth-order valence-electron chi connectivity index (χ4n) is 3.78. The third-order valence-corrected chi connectivity index (χ3v) is 5.28. The zero-order chi connectivity index (χ0) is 22.9. The van der Waals surface area contributed by atoms with E-state index in [0.717, 1.165) is 10.9 Å². The number of halogens is 1. The third-order valence-electron chi connectivity index (χ3n) is 5.28. The molecule has 7 nitrogen and oxygen atoms in total. The van der Waals surface area contributed by atoms with Gasteiger partial charge in [0, 0.05) is 49.0 Å². The second kappa shape index (κ2) is 8.31. The predicted octanol–water partition coefficient (Wildman–Crippen LogP) is 4.73. The normalized spacial score (nSPS) is 12.1. The van der Waals surface area contributed by atoms with E-state index in [-0.39, 0.29) is 5.56 Å². The number of ether oxygens (including phenoxy) is 1. The molecule has 3 aromatic heterocycles. The van der Waals surface area contributed by atoms with Crippen molar-refractivity contribution in [3.8, 4) is 22.6 Å². The van der Waals surface area contributed by atoms with Crippen LogP contribution in [-0.4, -0.2) is 32.9 Å². The molecule has 1 unspecified atom stereocenters. The first kappa shape index (κ1) is 20.6. The Labute approximate surface area is 188 Å². The molecule has 0 saturated heterocycles. The molecule has 0 aliphatic heterocycles. The maximum absolute atomic E-state index is 13.8. The Morgan fingerprint density at radius 2 is 1.88 bits per heavy atom. The highest BCUT2D eigenvalue weighted by molar-refractivity contribution is 5.93. The molecule has 3 heterocycles. The SMILES string of the molecule is CNc1ncc2cn(-c3ccc4ncccc4c3)c(=O)c(-c3ccc(OC(C)F)cc3)c2n1. The monoisotopic (exact) mass is 441 g/mol. The number of hydrogen-bond acceptors (Lipinski definition) is 6. The molecular formula is C25H20FN5O2. The number of rotatable bonds is 5. The molecule has 1 N–H and O–H groups in total. The Kier molecular flexibility index (Phi) is 5.18. The third kappa shape index (κ3) is 3.87. The highest BCUT2D eigenvalue weighted by Crippen LogP contribution is 2.28. The van der Waals surface area contributed by atoms with E-state index in [9.17, 15) is 9.18 Å². The average molecular weight is 441 g/mol. The number of nitrogens with zero attached hydrogens (tertiary/aromatic N) is 4. The fourth-order valence-corrected chi connectivity index (χ4v) is 3.78. The number of aromatic nitrogens is 4. The van der Waals surface area contributed by atoms with Gasteiger partial charge in [-0.2, -0.15) is 0 Å². The number of anilines is 1. The lowest BCUT2D eigenvalue weighted by molar-refractivity contribution is 0.0861. The van der Waals surface area contributed by atoms with Gasteiger partial charge in [0.25, 0.3) is 5.56 Å². The smallest absolute Gasteiger partial charge is 0.265 e. The molecule has 0 fully saturated rings. The molecule has 0 bridgehead atoms. The van der Waals surface area contributed by atoms with Crippen LogP contribution in [0, 0.1) is 0 Å². The second-order valence-corrected chi connectivity index (χ2v) is 7.49. The molecule has 164 valence electrons. The summed E-state index contributed by atoms with van der Waals surface area (Å²) in [6.45, 7) is 1.31. The molecule has 0 aliphatic carbocycles. The predicted molar refractivity (Wildman–Crippen MR) is 127 cm³/mol. The molecule has 5 aromatic rings. The van der Waals surface area contributed by atoms with E-state index in [0.29, 0.717) is 39.4 Å². The van der Waals surface area contributed by atoms with Crippen LogP contribution in [0.25, 0.3) is 38.6 Å². The summed E-state index contributed by atoms with van der Waals surface area (Å²) >= 11 is 0. The zero-order valence-corrected chi connectivity index (χ0v) is 18.0. The lowest BCUT2D eigenvalue weighted by atomic mass is 10.0. The van der Waals surface area contributed by atoms with E-state index in [2.05, 4.69) is 20.3 Å². The van der Waals surface area contributed by atoms with Crippen LogP contribution in [0.3, 0.4) is 0 Å². The van der Waals surface area contributed by atoms with E-state index in [1.54, 1.807) is 54.5 Å². The summed E-state index contributed by atoms with van der Waals surface area (Å²) < 4.78 is 19.9. The Morgan fingerprint density at radius 1 is 1.06 bits per heavy atom. The van der Waals surface area contributed by atoms with Crippen LogP contribution in [-0.2, 0) is 0 Å². The maximum atomic E-state index is 13.8. The molecule has 8 heteroatoms. The summed E-state index contributed by atoms with van der Waals surface area (Å²) in [6.07, 6.45) is 3.72. The van der Waals surface area contributed by atoms with E-state index >= 15 is 0 Å². The van der Waals surface area contributed by atoms with E-state index in [1.807, 2.05) is 30.3 Å². The molecular weight excluding hydrogens is 421 g/mol. The summed E-state index contributed by atoms with van der Waals surface area (Å²) in [7, 11) is 1.72. The first-order chi connectivity index (χ1) is 16.0. The molecule has 33 heavy (non-hydrogen) atoms. The van der Waals surface area contributed by atoms with Crippen molar-refractivity contribution in [3.05, 3.63) is 83.5 Å². The average Bonchev–Trinajstić information content (AvgIpc) is 2.83. The van der Waals surface area contributed by atoms with E-state index in [1.165, 1.54) is 6.92 Å². The summed E-state index contributed by atoms with van der Waals surface area (Å²) in [5.41, 5.74) is 2.88. The van der Waals surface area contributed by atoms with Gasteiger partial charge in [0.05, 0.1) is 16.6 Å². The van der Waals surface area contributed by atoms with Gasteiger partial charge in [-0.05, 0) is 42.0 Å². The van der Waals surface area contributed by atoms with Crippen LogP contribution in [0.1, 0.15) is 6.92 Å². The second-order valence-electron chi connectivity index (χ2n) is 7.49. The quantitative estimate of drug-likeness (QED) is 0.425. The van der Waals surface area contributed by atoms with Gasteiger partial charge in [0.15, 0.2) is 0 Å². The van der Waals surface area contributed by atoms with Crippen molar-refractivity contribution in [2.24, 2.45) is 0 Å². The van der Waals surface area contributed by atoms with Gasteiger partial charge in [0.1, 0.15) is 5.75 Å². The van der Waals surface area contributed by atoms with E-state index < -0.39 is 6.36 Å². The summed E-state index contributed by atoms with van der Waals surface area (Å²) in [5, 5.41) is 4.54. The Morgan fingerprint density at radius 3 is 2.64 bits per heavy atom. The molecule has 5 rings (SSSR count). The lowest BCUT2D eigenvalue weighted by Crippen LogP contribution is -2.20. The van der Waals surface area contributed by atoms with Crippen LogP contribution < -0.4 is 15.6 Å². The zero-order valence-electron chi connectivity index (χ0n) is 18.0. The molecule has 0 spiro atoms. The van der Waals surface area contributed by atoms with E-state index in [4.69, 9.17) is 4.74 Å². The minimum absolute atomic E-state index is 0.237. The Bertz CT molecular complexity index is 1530. The molecule has 0 radical (unpaired) electrons. The summed E-state index contributed by atoms with van der Waals surface area (Å²) in [5.74, 6) is 0.783. The molecule has 2 aromatic carbocycles. The van der Waals surface area contributed by atoms with Gasteiger partial charge in [-0.1, -0.05) is 18.2 Å². The van der Waals surface area contributed by atoms with Gasteiger partial charge in [-0.25, -0.2) is 14.4 Å². The minimum atomic E-state index is -1.43. The number of pyridine rings is 2. The first-order valence-corrected chi connectivity index (χ1v) is 10.4. The van der Waals surface area contributed by atoms with Crippen LogP contribution in [0.4, 0.5) is 10.3 Å². The minimum Gasteiger partial charge on any atom is -0.461 e. The molecule has 0 aliphatic rings. The molecule has 1 atom stereocenters. The van der Waals surface area contributed by atoms with Gasteiger partial charge in [0.2, 0.25) is 12.3 Å². The van der Waals surface area contributed by atoms with Crippen molar-refractivity contribution in [2.45, 2.75) is 13.3 Å². The van der Waals surface area contributed by atoms with Crippen LogP contribution in [0.15, 0.2) is 78.0 Å². The van der Waals surface area contributed by atoms with Crippen molar-refractivity contribution in [1.29, 1.82) is 0 Å². The highest BCUT2D eigenvalue weighted by Gasteiger charge is 2.16. The summed E-state index contributed by atoms with van der Waals surface area (Å²) in [6, 6.07) is 16.2. The number of hydrogen-bond donors (Lipinski definition) is 1. The topological polar surface area (TPSA) is 81.9 Å². The van der Waals surface area contributed by atoms with Crippen molar-refractivity contribution in [3.63, 3.8) is 0 Å². The summed E-state index contributed by atoms with van der Waals surface area (Å²) in [4.78, 5) is 27.0. The van der Waals surface area contributed by atoms with Crippen molar-refractivity contribution in [2.75, 3.05) is 12.4 Å². The van der Waals surface area contributed by atoms with Gasteiger partial charge in [-0.15, -0.1) is 0 Å². The number of alkyl halides is 1. The Hall–Kier alpha value is -4.33. The molecule has 0 saturated carbocycles. The molecule has 0 amide bonds. The van der Waals surface area contributed by atoms with Crippen LogP contribution >= 0.6 is 0 Å².